The van der Waals surface area contributed by atoms with Crippen LogP contribution in [0.2, 0.25) is 0 Å². The summed E-state index contributed by atoms with van der Waals surface area (Å²) in [6, 6.07) is 10.0. The molecule has 2 fully saturated rings. The van der Waals surface area contributed by atoms with Crippen molar-refractivity contribution in [3.05, 3.63) is 24.3 Å². The summed E-state index contributed by atoms with van der Waals surface area (Å²) in [5.41, 5.74) is 1.86. The molecule has 2 atom stereocenters. The van der Waals surface area contributed by atoms with E-state index < -0.39 is 0 Å². The molecule has 0 spiro atoms. The number of aromatic nitrogens is 1. The zero-order valence-electron chi connectivity index (χ0n) is 12.7. The first-order valence-electron chi connectivity index (χ1n) is 7.63. The Morgan fingerprint density at radius 1 is 1.27 bits per heavy atom. The molecule has 2 aromatic rings. The van der Waals surface area contributed by atoms with Gasteiger partial charge in [0.2, 0.25) is 0 Å². The number of carbonyl (C=O) groups is 1. The Labute approximate surface area is 129 Å². The maximum atomic E-state index is 8.36. The fourth-order valence-corrected chi connectivity index (χ4v) is 3.53. The molecular weight excluding hydrogens is 282 g/mol. The molecule has 0 unspecified atom stereocenters. The predicted molar refractivity (Wildman–Crippen MR) is 84.1 cm³/mol. The van der Waals surface area contributed by atoms with E-state index in [1.807, 2.05) is 24.3 Å². The molecule has 1 aromatic heterocycles. The highest BCUT2D eigenvalue weighted by molar-refractivity contribution is 5.74. The zero-order chi connectivity index (χ0) is 15.5. The fourth-order valence-electron chi connectivity index (χ4n) is 3.53. The molecule has 6 nitrogen and oxygen atoms in total. The highest BCUT2D eigenvalue weighted by Gasteiger charge is 2.38. The molecule has 4 rings (SSSR count). The van der Waals surface area contributed by atoms with E-state index in [1.165, 1.54) is 25.8 Å². The van der Waals surface area contributed by atoms with Gasteiger partial charge in [-0.25, -0.2) is 0 Å². The van der Waals surface area contributed by atoms with Gasteiger partial charge in [-0.15, -0.1) is 0 Å². The minimum atomic E-state index is -0.250. The number of benzene rings is 1. The minimum absolute atomic E-state index is 0.250. The topological polar surface area (TPSA) is 69.8 Å². The van der Waals surface area contributed by atoms with Gasteiger partial charge in [0.25, 0.3) is 12.5 Å². The van der Waals surface area contributed by atoms with E-state index in [-0.39, 0.29) is 6.47 Å². The van der Waals surface area contributed by atoms with Gasteiger partial charge in [0.1, 0.15) is 5.52 Å². The summed E-state index contributed by atoms with van der Waals surface area (Å²) in [7, 11) is 2.21. The van der Waals surface area contributed by atoms with Gasteiger partial charge in [-0.3, -0.25) is 4.79 Å². The Kier molecular flexibility index (Phi) is 4.29. The van der Waals surface area contributed by atoms with Gasteiger partial charge in [-0.1, -0.05) is 12.1 Å². The van der Waals surface area contributed by atoms with E-state index >= 15 is 0 Å². The third-order valence-corrected chi connectivity index (χ3v) is 4.49. The smallest absolute Gasteiger partial charge is 0.298 e. The van der Waals surface area contributed by atoms with Crippen molar-refractivity contribution in [1.29, 1.82) is 0 Å². The summed E-state index contributed by atoms with van der Waals surface area (Å²) >= 11 is 0. The summed E-state index contributed by atoms with van der Waals surface area (Å²) in [5.74, 6) is 0. The number of hydrogen-bond donors (Lipinski definition) is 1. The third kappa shape index (κ3) is 2.78. The van der Waals surface area contributed by atoms with E-state index in [0.29, 0.717) is 12.1 Å². The molecule has 1 aromatic carbocycles. The van der Waals surface area contributed by atoms with Crippen LogP contribution in [0.1, 0.15) is 19.3 Å². The first-order valence-corrected chi connectivity index (χ1v) is 7.63. The van der Waals surface area contributed by atoms with Crippen LogP contribution in [-0.2, 0) is 4.79 Å². The third-order valence-electron chi connectivity index (χ3n) is 4.49. The van der Waals surface area contributed by atoms with Crippen LogP contribution in [-0.4, -0.2) is 53.7 Å². The van der Waals surface area contributed by atoms with Crippen LogP contribution in [0.5, 0.6) is 0 Å². The molecule has 2 aliphatic rings. The second-order valence-corrected chi connectivity index (χ2v) is 5.91. The van der Waals surface area contributed by atoms with Crippen LogP contribution in [0.3, 0.4) is 0 Å². The maximum Gasteiger partial charge on any atom is 0.298 e. The van der Waals surface area contributed by atoms with Crippen molar-refractivity contribution in [2.75, 3.05) is 25.0 Å². The van der Waals surface area contributed by atoms with Crippen LogP contribution in [0.4, 0.5) is 6.01 Å². The van der Waals surface area contributed by atoms with Gasteiger partial charge in [-0.05, 0) is 45.0 Å². The number of likely N-dealkylation sites (tertiary alicyclic amines) is 1. The van der Waals surface area contributed by atoms with E-state index in [4.69, 9.17) is 14.3 Å². The van der Waals surface area contributed by atoms with Gasteiger partial charge >= 0.3 is 0 Å². The number of fused-ring (bicyclic) bond motifs is 3. The Morgan fingerprint density at radius 3 is 2.77 bits per heavy atom. The van der Waals surface area contributed by atoms with Crippen molar-refractivity contribution in [2.45, 2.75) is 31.3 Å². The lowest BCUT2D eigenvalue weighted by Crippen LogP contribution is -2.38. The summed E-state index contributed by atoms with van der Waals surface area (Å²) < 4.78 is 5.98. The van der Waals surface area contributed by atoms with Crippen LogP contribution < -0.4 is 4.90 Å². The van der Waals surface area contributed by atoms with Crippen molar-refractivity contribution < 1.29 is 14.3 Å². The number of likely N-dealkylation sites (N-methyl/N-ethyl adjacent to an activating group) is 1. The van der Waals surface area contributed by atoms with E-state index in [2.05, 4.69) is 21.8 Å². The van der Waals surface area contributed by atoms with Gasteiger partial charge in [0.05, 0.1) is 0 Å². The highest BCUT2D eigenvalue weighted by Crippen LogP contribution is 2.35. The number of anilines is 1. The van der Waals surface area contributed by atoms with Gasteiger partial charge in [0, 0.05) is 18.6 Å². The second kappa shape index (κ2) is 6.36. The van der Waals surface area contributed by atoms with Crippen LogP contribution in [0.15, 0.2) is 28.7 Å². The quantitative estimate of drug-likeness (QED) is 0.815. The largest absolute Gasteiger partial charge is 0.483 e. The molecule has 118 valence electrons. The van der Waals surface area contributed by atoms with Crippen molar-refractivity contribution in [2.24, 2.45) is 0 Å². The lowest BCUT2D eigenvalue weighted by Gasteiger charge is -2.26. The maximum absolute atomic E-state index is 8.36. The normalized spacial score (nSPS) is 24.7. The monoisotopic (exact) mass is 303 g/mol. The number of rotatable bonds is 1. The molecule has 0 radical (unpaired) electrons. The van der Waals surface area contributed by atoms with Crippen molar-refractivity contribution in [3.8, 4) is 0 Å². The molecule has 0 amide bonds. The molecule has 0 saturated carbocycles. The lowest BCUT2D eigenvalue weighted by atomic mass is 10.1. The van der Waals surface area contributed by atoms with Gasteiger partial charge < -0.3 is 19.3 Å². The Hall–Kier alpha value is -2.08. The SMILES string of the molecule is CN1CC[C@H]2CC[C@@H](C1)N2c1nc2ccccc2o1.O=CO. The molecule has 2 saturated heterocycles. The Balaban J connectivity index is 0.000000446. The molecule has 2 aliphatic heterocycles. The number of carboxylic acid groups (broad SMARTS) is 1. The van der Waals surface area contributed by atoms with Crippen LogP contribution in [0, 0.1) is 0 Å². The molecule has 0 aliphatic carbocycles. The van der Waals surface area contributed by atoms with Crippen molar-refractivity contribution in [3.63, 3.8) is 0 Å². The Morgan fingerprint density at radius 2 is 2.00 bits per heavy atom. The van der Waals surface area contributed by atoms with Crippen molar-refractivity contribution in [1.82, 2.24) is 9.88 Å². The summed E-state index contributed by atoms with van der Waals surface area (Å²) in [5, 5.41) is 6.89. The molecule has 6 heteroatoms. The number of hydrogen-bond acceptors (Lipinski definition) is 5. The second-order valence-electron chi connectivity index (χ2n) is 5.91. The average molecular weight is 303 g/mol. The molecule has 1 N–H and O–H groups in total. The molecule has 3 heterocycles. The average Bonchev–Trinajstić information content (AvgIpc) is 3.03. The van der Waals surface area contributed by atoms with Crippen molar-refractivity contribution >= 4 is 23.6 Å². The first kappa shape index (κ1) is 14.8. The fraction of sp³-hybridized carbons (Fsp3) is 0.500. The molecular formula is C16H21N3O3. The zero-order valence-corrected chi connectivity index (χ0v) is 12.7. The molecule has 22 heavy (non-hydrogen) atoms. The van der Waals surface area contributed by atoms with Crippen LogP contribution >= 0.6 is 0 Å². The minimum Gasteiger partial charge on any atom is -0.483 e. The number of nitrogens with zero attached hydrogens (tertiary/aromatic N) is 3. The van der Waals surface area contributed by atoms with Gasteiger partial charge in [-0.2, -0.15) is 4.98 Å². The first-order chi connectivity index (χ1) is 10.7. The summed E-state index contributed by atoms with van der Waals surface area (Å²) in [4.78, 5) is 17.9. The Bertz CT molecular complexity index is 609. The number of oxazole rings is 1. The summed E-state index contributed by atoms with van der Waals surface area (Å²) in [6.45, 7) is 2.05. The molecule has 2 bridgehead atoms. The van der Waals surface area contributed by atoms with E-state index in [9.17, 15) is 0 Å². The standard InChI is InChI=1S/C15H19N3O.CH2O2/c1-17-9-8-11-6-7-12(10-17)18(11)15-16-13-4-2-3-5-14(13)19-15;2-1-3/h2-5,11-12H,6-10H2,1H3;1H,(H,2,3)/t11-,12+;/m1./s1. The van der Waals surface area contributed by atoms with Crippen LogP contribution in [0.25, 0.3) is 11.1 Å². The predicted octanol–water partition coefficient (Wildman–Crippen LogP) is 2.20. The lowest BCUT2D eigenvalue weighted by molar-refractivity contribution is -0.122. The number of para-hydroxylation sites is 2. The van der Waals surface area contributed by atoms with E-state index in [1.54, 1.807) is 0 Å². The highest BCUT2D eigenvalue weighted by atomic mass is 16.4. The van der Waals surface area contributed by atoms with E-state index in [0.717, 1.165) is 23.7 Å². The summed E-state index contributed by atoms with van der Waals surface area (Å²) in [6.07, 6.45) is 3.75. The van der Waals surface area contributed by atoms with Gasteiger partial charge in [0.15, 0.2) is 5.58 Å².